The summed E-state index contributed by atoms with van der Waals surface area (Å²) < 4.78 is 56.6. The molecule has 1 heterocycles. The lowest BCUT2D eigenvalue weighted by Crippen LogP contribution is -2.42. The maximum atomic E-state index is 13.7. The molecule has 1 aromatic carbocycles. The number of urea groups is 1. The first-order chi connectivity index (χ1) is 10.8. The molecule has 0 bridgehead atoms. The third-order valence-corrected chi connectivity index (χ3v) is 3.55. The molecule has 0 unspecified atom stereocenters. The van der Waals surface area contributed by atoms with Crippen LogP contribution in [0.2, 0.25) is 0 Å². The van der Waals surface area contributed by atoms with E-state index < -0.39 is 17.6 Å². The van der Waals surface area contributed by atoms with Gasteiger partial charge >= 0.3 is 12.2 Å². The highest BCUT2D eigenvalue weighted by molar-refractivity contribution is 5.74. The van der Waals surface area contributed by atoms with Crippen molar-refractivity contribution < 1.29 is 27.1 Å². The molecule has 1 aliphatic heterocycles. The van der Waals surface area contributed by atoms with Gasteiger partial charge in [-0.1, -0.05) is 6.07 Å². The molecule has 23 heavy (non-hydrogen) atoms. The Morgan fingerprint density at radius 1 is 1.43 bits per heavy atom. The van der Waals surface area contributed by atoms with Crippen molar-refractivity contribution in [2.45, 2.75) is 32.2 Å². The van der Waals surface area contributed by atoms with Crippen molar-refractivity contribution in [2.75, 3.05) is 19.7 Å². The van der Waals surface area contributed by atoms with Gasteiger partial charge in [0.15, 0.2) is 0 Å². The zero-order chi connectivity index (χ0) is 17.0. The van der Waals surface area contributed by atoms with E-state index in [-0.39, 0.29) is 24.2 Å². The first-order valence-electron chi connectivity index (χ1n) is 7.27. The second-order valence-electron chi connectivity index (χ2n) is 5.44. The van der Waals surface area contributed by atoms with Crippen LogP contribution in [0.15, 0.2) is 18.2 Å². The fourth-order valence-electron chi connectivity index (χ4n) is 2.33. The lowest BCUT2D eigenvalue weighted by molar-refractivity contribution is -0.137. The summed E-state index contributed by atoms with van der Waals surface area (Å²) in [7, 11) is 0. The molecule has 0 aromatic heterocycles. The molecule has 1 fully saturated rings. The second kappa shape index (κ2) is 7.16. The van der Waals surface area contributed by atoms with Crippen LogP contribution in [0.4, 0.5) is 22.4 Å². The number of alkyl halides is 3. The smallest absolute Gasteiger partial charge is 0.377 e. The molecule has 1 aliphatic rings. The largest absolute Gasteiger partial charge is 0.416 e. The SMILES string of the molecule is C[C@H]1CN(C(=O)NCc2ccc(C(F)(F)F)cc2F)CCCO1. The normalized spacial score (nSPS) is 19.3. The van der Waals surface area contributed by atoms with Gasteiger partial charge in [0, 0.05) is 31.8 Å². The van der Waals surface area contributed by atoms with Gasteiger partial charge in [0.25, 0.3) is 0 Å². The number of amides is 2. The minimum absolute atomic E-state index is 0.00507. The van der Waals surface area contributed by atoms with Crippen LogP contribution in [-0.4, -0.2) is 36.7 Å². The van der Waals surface area contributed by atoms with E-state index in [2.05, 4.69) is 5.32 Å². The van der Waals surface area contributed by atoms with E-state index in [0.717, 1.165) is 12.1 Å². The van der Waals surface area contributed by atoms with Crippen LogP contribution < -0.4 is 5.32 Å². The van der Waals surface area contributed by atoms with Gasteiger partial charge in [0.2, 0.25) is 0 Å². The average molecular weight is 334 g/mol. The molecule has 4 nitrogen and oxygen atoms in total. The average Bonchev–Trinajstić information content (AvgIpc) is 2.69. The van der Waals surface area contributed by atoms with Crippen molar-refractivity contribution in [1.82, 2.24) is 10.2 Å². The maximum Gasteiger partial charge on any atom is 0.416 e. The summed E-state index contributed by atoms with van der Waals surface area (Å²) in [4.78, 5) is 13.6. The van der Waals surface area contributed by atoms with Gasteiger partial charge < -0.3 is 15.0 Å². The Kier molecular flexibility index (Phi) is 5.46. The van der Waals surface area contributed by atoms with Crippen molar-refractivity contribution >= 4 is 6.03 Å². The van der Waals surface area contributed by atoms with E-state index in [4.69, 9.17) is 4.74 Å². The number of carbonyl (C=O) groups is 1. The van der Waals surface area contributed by atoms with Gasteiger partial charge in [-0.15, -0.1) is 0 Å². The Hall–Kier alpha value is -1.83. The summed E-state index contributed by atoms with van der Waals surface area (Å²) in [6, 6.07) is 1.88. The first-order valence-corrected chi connectivity index (χ1v) is 7.27. The molecular weight excluding hydrogens is 316 g/mol. The maximum absolute atomic E-state index is 13.7. The van der Waals surface area contributed by atoms with Gasteiger partial charge in [-0.3, -0.25) is 0 Å². The summed E-state index contributed by atoms with van der Waals surface area (Å²) in [5.41, 5.74) is -1.05. The number of hydrogen-bond donors (Lipinski definition) is 1. The van der Waals surface area contributed by atoms with E-state index in [1.54, 1.807) is 4.90 Å². The molecule has 1 atom stereocenters. The van der Waals surface area contributed by atoms with Crippen LogP contribution >= 0.6 is 0 Å². The van der Waals surface area contributed by atoms with Crippen molar-refractivity contribution in [3.63, 3.8) is 0 Å². The van der Waals surface area contributed by atoms with Crippen molar-refractivity contribution in [2.24, 2.45) is 0 Å². The van der Waals surface area contributed by atoms with Crippen LogP contribution in [0.3, 0.4) is 0 Å². The fourth-order valence-corrected chi connectivity index (χ4v) is 2.33. The van der Waals surface area contributed by atoms with Gasteiger partial charge in [-0.05, 0) is 25.5 Å². The summed E-state index contributed by atoms with van der Waals surface area (Å²) in [6.07, 6.45) is -3.98. The summed E-state index contributed by atoms with van der Waals surface area (Å²) in [6.45, 7) is 3.18. The van der Waals surface area contributed by atoms with Crippen LogP contribution in [0.1, 0.15) is 24.5 Å². The Morgan fingerprint density at radius 2 is 2.17 bits per heavy atom. The van der Waals surface area contributed by atoms with Crippen molar-refractivity contribution in [3.8, 4) is 0 Å². The van der Waals surface area contributed by atoms with Gasteiger partial charge in [-0.25, -0.2) is 9.18 Å². The van der Waals surface area contributed by atoms with E-state index in [1.807, 2.05) is 6.92 Å². The Bertz CT molecular complexity index is 563. The molecule has 2 rings (SSSR count). The number of nitrogens with zero attached hydrogens (tertiary/aromatic N) is 1. The number of ether oxygens (including phenoxy) is 1. The monoisotopic (exact) mass is 334 g/mol. The Balaban J connectivity index is 1.96. The van der Waals surface area contributed by atoms with E-state index in [0.29, 0.717) is 32.2 Å². The summed E-state index contributed by atoms with van der Waals surface area (Å²) >= 11 is 0. The van der Waals surface area contributed by atoms with E-state index in [9.17, 15) is 22.4 Å². The standard InChI is InChI=1S/C15H18F4N2O2/c1-10-9-21(5-2-6-23-10)14(22)20-8-11-3-4-12(7-13(11)16)15(17,18)19/h3-4,7,10H,2,5-6,8-9H2,1H3,(H,20,22)/t10-/m0/s1. The molecular formula is C15H18F4N2O2. The first kappa shape index (κ1) is 17.5. The number of nitrogens with one attached hydrogen (secondary N) is 1. The van der Waals surface area contributed by atoms with Crippen LogP contribution in [0, 0.1) is 5.82 Å². The Morgan fingerprint density at radius 3 is 2.83 bits per heavy atom. The number of halogens is 4. The molecule has 2 amide bonds. The van der Waals surface area contributed by atoms with Crippen LogP contribution in [-0.2, 0) is 17.5 Å². The quantitative estimate of drug-likeness (QED) is 0.844. The summed E-state index contributed by atoms with van der Waals surface area (Å²) in [5, 5.41) is 2.53. The van der Waals surface area contributed by atoms with Crippen LogP contribution in [0.25, 0.3) is 0 Å². The predicted molar refractivity (Wildman–Crippen MR) is 75.2 cm³/mol. The van der Waals surface area contributed by atoms with E-state index in [1.165, 1.54) is 0 Å². The zero-order valence-electron chi connectivity index (χ0n) is 12.6. The minimum Gasteiger partial charge on any atom is -0.377 e. The topological polar surface area (TPSA) is 41.6 Å². The molecule has 8 heteroatoms. The van der Waals surface area contributed by atoms with Crippen LogP contribution in [0.5, 0.6) is 0 Å². The summed E-state index contributed by atoms with van der Waals surface area (Å²) in [5.74, 6) is -0.993. The Labute approximate surface area is 131 Å². The second-order valence-corrected chi connectivity index (χ2v) is 5.44. The number of carbonyl (C=O) groups excluding carboxylic acids is 1. The third-order valence-electron chi connectivity index (χ3n) is 3.55. The molecule has 0 saturated carbocycles. The van der Waals surface area contributed by atoms with Gasteiger partial charge in [-0.2, -0.15) is 13.2 Å². The number of rotatable bonds is 2. The minimum atomic E-state index is -4.59. The highest BCUT2D eigenvalue weighted by Crippen LogP contribution is 2.30. The molecule has 1 aromatic rings. The number of hydrogen-bond acceptors (Lipinski definition) is 2. The molecule has 1 saturated heterocycles. The fraction of sp³-hybridized carbons (Fsp3) is 0.533. The van der Waals surface area contributed by atoms with Gasteiger partial charge in [0.05, 0.1) is 11.7 Å². The lowest BCUT2D eigenvalue weighted by Gasteiger charge is -2.22. The molecule has 0 spiro atoms. The third kappa shape index (κ3) is 4.82. The predicted octanol–water partition coefficient (Wildman–Crippen LogP) is 3.16. The van der Waals surface area contributed by atoms with Gasteiger partial charge in [0.1, 0.15) is 5.82 Å². The van der Waals surface area contributed by atoms with Crippen molar-refractivity contribution in [1.29, 1.82) is 0 Å². The van der Waals surface area contributed by atoms with Crippen molar-refractivity contribution in [3.05, 3.63) is 35.1 Å². The molecule has 0 radical (unpaired) electrons. The van der Waals surface area contributed by atoms with E-state index >= 15 is 0 Å². The number of benzene rings is 1. The lowest BCUT2D eigenvalue weighted by atomic mass is 10.1. The molecule has 128 valence electrons. The zero-order valence-corrected chi connectivity index (χ0v) is 12.6. The molecule has 1 N–H and O–H groups in total. The molecule has 0 aliphatic carbocycles. The highest BCUT2D eigenvalue weighted by atomic mass is 19.4. The highest BCUT2D eigenvalue weighted by Gasteiger charge is 2.31.